The third kappa shape index (κ3) is 1.72. The van der Waals surface area contributed by atoms with Crippen molar-refractivity contribution in [1.82, 2.24) is 0 Å². The summed E-state index contributed by atoms with van der Waals surface area (Å²) in [6.07, 6.45) is 4.60. The zero-order chi connectivity index (χ0) is 9.14. The van der Waals surface area contributed by atoms with Gasteiger partial charge in [0.15, 0.2) is 0 Å². The van der Waals surface area contributed by atoms with Gasteiger partial charge in [-0.05, 0) is 6.42 Å². The second-order valence-electron chi connectivity index (χ2n) is 2.51. The van der Waals surface area contributed by atoms with Crippen LogP contribution in [0.25, 0.3) is 0 Å². The SMILES string of the molecule is O=C(O)C1=CC(C(=O)O)CC=C1. The molecular formula is C8H8O4. The van der Waals surface area contributed by atoms with E-state index in [1.807, 2.05) is 0 Å². The second-order valence-corrected chi connectivity index (χ2v) is 2.51. The van der Waals surface area contributed by atoms with Crippen LogP contribution in [0.3, 0.4) is 0 Å². The van der Waals surface area contributed by atoms with Gasteiger partial charge in [0.2, 0.25) is 0 Å². The Balaban J connectivity index is 2.82. The quantitative estimate of drug-likeness (QED) is 0.635. The average Bonchev–Trinajstić information content (AvgIpc) is 2.04. The van der Waals surface area contributed by atoms with E-state index in [1.165, 1.54) is 12.2 Å². The van der Waals surface area contributed by atoms with Crippen LogP contribution < -0.4 is 0 Å². The minimum Gasteiger partial charge on any atom is -0.481 e. The van der Waals surface area contributed by atoms with E-state index in [0.717, 1.165) is 0 Å². The standard InChI is InChI=1S/C8H8O4/c9-7(10)5-2-1-3-6(4-5)8(11)12/h1-2,4,6H,3H2,(H,9,10)(H,11,12). The molecule has 1 unspecified atom stereocenters. The van der Waals surface area contributed by atoms with Crippen molar-refractivity contribution in [3.8, 4) is 0 Å². The van der Waals surface area contributed by atoms with Crippen molar-refractivity contribution in [3.63, 3.8) is 0 Å². The molecule has 0 saturated heterocycles. The maximum atomic E-state index is 10.5. The first kappa shape index (κ1) is 8.52. The van der Waals surface area contributed by atoms with Crippen molar-refractivity contribution in [2.45, 2.75) is 6.42 Å². The van der Waals surface area contributed by atoms with Gasteiger partial charge in [-0.1, -0.05) is 18.2 Å². The smallest absolute Gasteiger partial charge is 0.335 e. The van der Waals surface area contributed by atoms with Crippen LogP contribution in [-0.2, 0) is 9.59 Å². The number of allylic oxidation sites excluding steroid dienone is 1. The molecule has 1 aliphatic carbocycles. The van der Waals surface area contributed by atoms with Crippen LogP contribution in [0.1, 0.15) is 6.42 Å². The largest absolute Gasteiger partial charge is 0.481 e. The Labute approximate surface area is 68.8 Å². The lowest BCUT2D eigenvalue weighted by atomic mass is 9.96. The van der Waals surface area contributed by atoms with E-state index in [0.29, 0.717) is 6.42 Å². The third-order valence-electron chi connectivity index (χ3n) is 1.63. The van der Waals surface area contributed by atoms with E-state index in [2.05, 4.69) is 0 Å². The molecule has 4 nitrogen and oxygen atoms in total. The fraction of sp³-hybridized carbons (Fsp3) is 0.250. The molecule has 12 heavy (non-hydrogen) atoms. The molecule has 1 aliphatic rings. The minimum absolute atomic E-state index is 0.0497. The number of carboxylic acids is 2. The van der Waals surface area contributed by atoms with E-state index >= 15 is 0 Å². The molecule has 0 saturated carbocycles. The molecule has 0 spiro atoms. The summed E-state index contributed by atoms with van der Waals surface area (Å²) in [4.78, 5) is 20.9. The van der Waals surface area contributed by atoms with E-state index in [4.69, 9.17) is 10.2 Å². The van der Waals surface area contributed by atoms with Crippen molar-refractivity contribution in [2.24, 2.45) is 5.92 Å². The molecule has 0 radical (unpaired) electrons. The van der Waals surface area contributed by atoms with E-state index in [9.17, 15) is 9.59 Å². The molecule has 0 fully saturated rings. The molecule has 0 aromatic rings. The Kier molecular flexibility index (Phi) is 2.28. The van der Waals surface area contributed by atoms with E-state index in [-0.39, 0.29) is 5.57 Å². The Morgan fingerprint density at radius 1 is 1.42 bits per heavy atom. The summed E-state index contributed by atoms with van der Waals surface area (Å²) < 4.78 is 0. The lowest BCUT2D eigenvalue weighted by Crippen LogP contribution is -2.14. The summed E-state index contributed by atoms with van der Waals surface area (Å²) in [5, 5.41) is 17.1. The van der Waals surface area contributed by atoms with Crippen molar-refractivity contribution in [1.29, 1.82) is 0 Å². The van der Waals surface area contributed by atoms with Gasteiger partial charge in [0, 0.05) is 0 Å². The molecule has 1 rings (SSSR count). The van der Waals surface area contributed by atoms with Crippen LogP contribution in [-0.4, -0.2) is 22.2 Å². The highest BCUT2D eigenvalue weighted by atomic mass is 16.4. The normalized spacial score (nSPS) is 21.7. The van der Waals surface area contributed by atoms with Crippen LogP contribution in [0.4, 0.5) is 0 Å². The second kappa shape index (κ2) is 3.21. The van der Waals surface area contributed by atoms with Crippen LogP contribution in [0.15, 0.2) is 23.8 Å². The van der Waals surface area contributed by atoms with Crippen LogP contribution in [0.2, 0.25) is 0 Å². The average molecular weight is 168 g/mol. The number of rotatable bonds is 2. The van der Waals surface area contributed by atoms with Gasteiger partial charge in [-0.2, -0.15) is 0 Å². The number of aliphatic carboxylic acids is 2. The zero-order valence-electron chi connectivity index (χ0n) is 6.23. The molecule has 4 heteroatoms. The fourth-order valence-corrected chi connectivity index (χ4v) is 0.997. The van der Waals surface area contributed by atoms with Gasteiger partial charge in [-0.25, -0.2) is 4.79 Å². The van der Waals surface area contributed by atoms with E-state index < -0.39 is 17.9 Å². The summed E-state index contributed by atoms with van der Waals surface area (Å²) in [5.74, 6) is -2.77. The predicted molar refractivity (Wildman–Crippen MR) is 40.6 cm³/mol. The Bertz CT molecular complexity index is 275. The summed E-state index contributed by atoms with van der Waals surface area (Å²) in [5.41, 5.74) is 0.0497. The highest BCUT2D eigenvalue weighted by Crippen LogP contribution is 2.16. The van der Waals surface area contributed by atoms with Gasteiger partial charge >= 0.3 is 11.9 Å². The maximum Gasteiger partial charge on any atom is 0.335 e. The zero-order valence-corrected chi connectivity index (χ0v) is 6.23. The van der Waals surface area contributed by atoms with E-state index in [1.54, 1.807) is 6.08 Å². The van der Waals surface area contributed by atoms with Crippen LogP contribution in [0.5, 0.6) is 0 Å². The Morgan fingerprint density at radius 2 is 2.08 bits per heavy atom. The van der Waals surface area contributed by atoms with Gasteiger partial charge in [-0.3, -0.25) is 4.79 Å². The van der Waals surface area contributed by atoms with Crippen LogP contribution >= 0.6 is 0 Å². The minimum atomic E-state index is -1.09. The van der Waals surface area contributed by atoms with Gasteiger partial charge in [0.25, 0.3) is 0 Å². The Hall–Kier alpha value is -1.58. The first-order chi connectivity index (χ1) is 5.61. The first-order valence-corrected chi connectivity index (χ1v) is 3.45. The topological polar surface area (TPSA) is 74.6 Å². The predicted octanol–water partition coefficient (Wildman–Crippen LogP) is 0.658. The highest BCUT2D eigenvalue weighted by molar-refractivity contribution is 5.91. The number of carbonyl (C=O) groups is 2. The molecule has 0 amide bonds. The lowest BCUT2D eigenvalue weighted by Gasteiger charge is -2.09. The number of hydrogen-bond donors (Lipinski definition) is 2. The summed E-state index contributed by atoms with van der Waals surface area (Å²) >= 11 is 0. The molecule has 0 aromatic carbocycles. The molecule has 0 bridgehead atoms. The van der Waals surface area contributed by atoms with Crippen molar-refractivity contribution in [3.05, 3.63) is 23.8 Å². The fourth-order valence-electron chi connectivity index (χ4n) is 0.997. The van der Waals surface area contributed by atoms with Gasteiger partial charge in [0.05, 0.1) is 11.5 Å². The van der Waals surface area contributed by atoms with Crippen molar-refractivity contribution < 1.29 is 19.8 Å². The summed E-state index contributed by atoms with van der Waals surface area (Å²) in [6.45, 7) is 0. The lowest BCUT2D eigenvalue weighted by molar-refractivity contribution is -0.139. The molecule has 0 heterocycles. The summed E-state index contributed by atoms with van der Waals surface area (Å²) in [6, 6.07) is 0. The summed E-state index contributed by atoms with van der Waals surface area (Å²) in [7, 11) is 0. The van der Waals surface area contributed by atoms with Crippen molar-refractivity contribution in [2.75, 3.05) is 0 Å². The molecule has 1 atom stereocenters. The molecular weight excluding hydrogens is 160 g/mol. The first-order valence-electron chi connectivity index (χ1n) is 3.45. The molecule has 2 N–H and O–H groups in total. The maximum absolute atomic E-state index is 10.5. The molecule has 0 aromatic heterocycles. The third-order valence-corrected chi connectivity index (χ3v) is 1.63. The monoisotopic (exact) mass is 168 g/mol. The van der Waals surface area contributed by atoms with Gasteiger partial charge in [-0.15, -0.1) is 0 Å². The molecule has 0 aliphatic heterocycles. The molecule has 64 valence electrons. The number of carboxylic acid groups (broad SMARTS) is 2. The number of hydrogen-bond acceptors (Lipinski definition) is 2. The highest BCUT2D eigenvalue weighted by Gasteiger charge is 2.18. The van der Waals surface area contributed by atoms with Crippen molar-refractivity contribution >= 4 is 11.9 Å². The van der Waals surface area contributed by atoms with Gasteiger partial charge < -0.3 is 10.2 Å². The van der Waals surface area contributed by atoms with Crippen LogP contribution in [0, 0.1) is 5.92 Å². The Morgan fingerprint density at radius 3 is 2.58 bits per heavy atom. The van der Waals surface area contributed by atoms with Gasteiger partial charge in [0.1, 0.15) is 0 Å².